The highest BCUT2D eigenvalue weighted by Crippen LogP contribution is 2.26. The quantitative estimate of drug-likeness (QED) is 0.608. The molecule has 1 unspecified atom stereocenters. The number of nitrogens with one attached hydrogen (secondary N) is 2. The maximum absolute atomic E-state index is 11.5. The monoisotopic (exact) mass is 317 g/mol. The molecule has 1 saturated heterocycles. The van der Waals surface area contributed by atoms with Gasteiger partial charge < -0.3 is 16.4 Å². The van der Waals surface area contributed by atoms with Gasteiger partial charge in [0.25, 0.3) is 0 Å². The number of halogens is 1. The molecular formula is C14H24ClN3O3. The van der Waals surface area contributed by atoms with Crippen LogP contribution in [0.15, 0.2) is 0 Å². The van der Waals surface area contributed by atoms with Gasteiger partial charge in [-0.15, -0.1) is 11.6 Å². The predicted octanol–water partition coefficient (Wildman–Crippen LogP) is 0.180. The molecule has 1 aliphatic heterocycles. The van der Waals surface area contributed by atoms with Crippen LogP contribution in [-0.4, -0.2) is 42.6 Å². The fourth-order valence-corrected chi connectivity index (χ4v) is 2.12. The molecule has 6 nitrogen and oxygen atoms in total. The molecule has 0 aromatic carbocycles. The summed E-state index contributed by atoms with van der Waals surface area (Å²) in [4.78, 5) is 34.1. The van der Waals surface area contributed by atoms with Crippen molar-refractivity contribution in [3.05, 3.63) is 0 Å². The summed E-state index contributed by atoms with van der Waals surface area (Å²) < 4.78 is 0. The van der Waals surface area contributed by atoms with E-state index in [1.807, 2.05) is 0 Å². The highest BCUT2D eigenvalue weighted by molar-refractivity contribution is 6.28. The van der Waals surface area contributed by atoms with Crippen molar-refractivity contribution >= 4 is 29.2 Å². The zero-order valence-corrected chi connectivity index (χ0v) is 13.1. The van der Waals surface area contributed by atoms with E-state index in [1.54, 1.807) is 0 Å². The van der Waals surface area contributed by atoms with Crippen LogP contribution in [-0.2, 0) is 14.4 Å². The van der Waals surface area contributed by atoms with Gasteiger partial charge in [0, 0.05) is 12.5 Å². The molecule has 2 aliphatic rings. The number of amides is 2. The van der Waals surface area contributed by atoms with Crippen LogP contribution >= 0.6 is 11.6 Å². The first-order chi connectivity index (χ1) is 9.97. The summed E-state index contributed by atoms with van der Waals surface area (Å²) >= 11 is 5.46. The normalized spacial score (nSPS) is 21.9. The highest BCUT2D eigenvalue weighted by atomic mass is 35.5. The minimum Gasteiger partial charge on any atom is -0.356 e. The topological polar surface area (TPSA) is 101 Å². The summed E-state index contributed by atoms with van der Waals surface area (Å²) in [5.74, 6) is -0.159. The van der Waals surface area contributed by atoms with E-state index in [1.165, 1.54) is 12.8 Å². The molecule has 7 heteroatoms. The summed E-state index contributed by atoms with van der Waals surface area (Å²) in [6.45, 7) is 2.69. The van der Waals surface area contributed by atoms with Crippen molar-refractivity contribution in [2.45, 2.75) is 38.6 Å². The lowest BCUT2D eigenvalue weighted by atomic mass is 9.96. The maximum atomic E-state index is 11.5. The number of nitrogens with two attached hydrogens (primary N) is 1. The van der Waals surface area contributed by atoms with Crippen LogP contribution in [0.4, 0.5) is 0 Å². The van der Waals surface area contributed by atoms with Crippen LogP contribution in [0.3, 0.4) is 0 Å². The Balaban J connectivity index is 0.000000471. The van der Waals surface area contributed by atoms with E-state index in [2.05, 4.69) is 17.6 Å². The number of hydrogen-bond donors (Lipinski definition) is 3. The Morgan fingerprint density at radius 3 is 2.43 bits per heavy atom. The fraction of sp³-hybridized carbons (Fsp3) is 0.786. The van der Waals surface area contributed by atoms with E-state index in [4.69, 9.17) is 17.3 Å². The number of alkyl halides is 1. The van der Waals surface area contributed by atoms with Crippen molar-refractivity contribution in [2.24, 2.45) is 17.6 Å². The third kappa shape index (κ3) is 6.91. The number of carbonyl (C=O) groups excluding carboxylic acids is 3. The summed E-state index contributed by atoms with van der Waals surface area (Å²) in [5.41, 5.74) is 5.16. The van der Waals surface area contributed by atoms with Crippen molar-refractivity contribution in [3.8, 4) is 0 Å². The molecule has 21 heavy (non-hydrogen) atoms. The van der Waals surface area contributed by atoms with E-state index in [9.17, 15) is 14.4 Å². The van der Waals surface area contributed by atoms with Crippen LogP contribution in [0, 0.1) is 11.8 Å². The van der Waals surface area contributed by atoms with Crippen LogP contribution < -0.4 is 16.4 Å². The Kier molecular flexibility index (Phi) is 7.67. The van der Waals surface area contributed by atoms with E-state index < -0.39 is 11.9 Å². The van der Waals surface area contributed by atoms with Crippen LogP contribution in [0.25, 0.3) is 0 Å². The third-order valence-electron chi connectivity index (χ3n) is 3.59. The van der Waals surface area contributed by atoms with Crippen molar-refractivity contribution in [2.75, 3.05) is 19.0 Å². The second kappa shape index (κ2) is 9.00. The molecule has 120 valence electrons. The van der Waals surface area contributed by atoms with Crippen LogP contribution in [0.1, 0.15) is 32.6 Å². The number of Topliss-reactive ketones (excluding diaryl/α,β-unsaturated/α-hetero) is 1. The molecule has 0 spiro atoms. The molecule has 2 atom stereocenters. The van der Waals surface area contributed by atoms with E-state index in [0.717, 1.165) is 5.92 Å². The molecule has 1 heterocycles. The third-order valence-corrected chi connectivity index (χ3v) is 3.85. The lowest BCUT2D eigenvalue weighted by Gasteiger charge is -2.18. The van der Waals surface area contributed by atoms with Crippen LogP contribution in [0.2, 0.25) is 0 Å². The molecule has 1 aliphatic carbocycles. The smallest absolute Gasteiger partial charge is 0.234 e. The minimum absolute atomic E-state index is 0.0839. The van der Waals surface area contributed by atoms with Gasteiger partial charge in [0.15, 0.2) is 5.78 Å². The number of carbonyl (C=O) groups is 3. The zero-order valence-electron chi connectivity index (χ0n) is 12.4. The molecule has 1 saturated carbocycles. The van der Waals surface area contributed by atoms with Gasteiger partial charge in [0.2, 0.25) is 11.8 Å². The SMILES string of the molecule is CC1CC1.NCC(=O)NC(C[C@@H]1CCNC1=O)C(=O)CCl. The summed E-state index contributed by atoms with van der Waals surface area (Å²) in [6, 6.07) is -0.725. The minimum atomic E-state index is -0.725. The van der Waals surface area contributed by atoms with Gasteiger partial charge in [-0.25, -0.2) is 0 Å². The van der Waals surface area contributed by atoms with E-state index in [0.29, 0.717) is 13.0 Å². The molecule has 0 aromatic rings. The zero-order chi connectivity index (χ0) is 15.8. The highest BCUT2D eigenvalue weighted by Gasteiger charge is 2.30. The van der Waals surface area contributed by atoms with Crippen molar-refractivity contribution in [1.29, 1.82) is 0 Å². The average molecular weight is 318 g/mol. The lowest BCUT2D eigenvalue weighted by Crippen LogP contribution is -2.45. The Morgan fingerprint density at radius 2 is 2.05 bits per heavy atom. The Labute approximate surface area is 130 Å². The standard InChI is InChI=1S/C10H16ClN3O3.C4H8/c11-4-8(15)7(14-9(16)5-12)3-6-1-2-13-10(6)17;1-4-2-3-4/h6-7H,1-5,12H2,(H,13,17)(H,14,16);4H,2-3H2,1H3/t6-,7?;/m0./s1. The Morgan fingerprint density at radius 1 is 1.43 bits per heavy atom. The molecular weight excluding hydrogens is 294 g/mol. The molecule has 0 bridgehead atoms. The molecule has 0 radical (unpaired) electrons. The first-order valence-corrected chi connectivity index (χ1v) is 7.87. The van der Waals surface area contributed by atoms with Crippen molar-refractivity contribution in [3.63, 3.8) is 0 Å². The van der Waals surface area contributed by atoms with Crippen LogP contribution in [0.5, 0.6) is 0 Å². The number of rotatable bonds is 6. The van der Waals surface area contributed by atoms with Gasteiger partial charge >= 0.3 is 0 Å². The molecule has 2 rings (SSSR count). The van der Waals surface area contributed by atoms with Gasteiger partial charge in [0.1, 0.15) is 0 Å². The van der Waals surface area contributed by atoms with Gasteiger partial charge in [-0.1, -0.05) is 19.8 Å². The van der Waals surface area contributed by atoms with Gasteiger partial charge in [-0.05, 0) is 18.8 Å². The summed E-state index contributed by atoms with van der Waals surface area (Å²) in [7, 11) is 0. The molecule has 4 N–H and O–H groups in total. The Bertz CT molecular complexity index is 386. The van der Waals surface area contributed by atoms with E-state index in [-0.39, 0.29) is 36.5 Å². The average Bonchev–Trinajstić information content (AvgIpc) is 3.16. The van der Waals surface area contributed by atoms with Gasteiger partial charge in [-0.2, -0.15) is 0 Å². The van der Waals surface area contributed by atoms with Crippen molar-refractivity contribution in [1.82, 2.24) is 10.6 Å². The number of hydrogen-bond acceptors (Lipinski definition) is 4. The summed E-state index contributed by atoms with van der Waals surface area (Å²) in [6.07, 6.45) is 3.92. The number of ketones is 1. The fourth-order valence-electron chi connectivity index (χ4n) is 1.94. The van der Waals surface area contributed by atoms with Gasteiger partial charge in [-0.3, -0.25) is 14.4 Å². The second-order valence-corrected chi connectivity index (χ2v) is 5.89. The molecule has 2 amide bonds. The molecule has 0 aromatic heterocycles. The lowest BCUT2D eigenvalue weighted by molar-refractivity contribution is -0.127. The maximum Gasteiger partial charge on any atom is 0.234 e. The second-order valence-electron chi connectivity index (χ2n) is 5.62. The molecule has 2 fully saturated rings. The van der Waals surface area contributed by atoms with Gasteiger partial charge in [0.05, 0.1) is 18.5 Å². The first-order valence-electron chi connectivity index (χ1n) is 7.33. The Hall–Kier alpha value is -1.14. The predicted molar refractivity (Wildman–Crippen MR) is 80.8 cm³/mol. The largest absolute Gasteiger partial charge is 0.356 e. The summed E-state index contributed by atoms with van der Waals surface area (Å²) in [5, 5.41) is 5.17. The van der Waals surface area contributed by atoms with Crippen molar-refractivity contribution < 1.29 is 14.4 Å². The first kappa shape index (κ1) is 17.9. The van der Waals surface area contributed by atoms with E-state index >= 15 is 0 Å².